The minimum Gasteiger partial charge on any atom is -0.396 e. The molecule has 0 radical (unpaired) electrons. The lowest BCUT2D eigenvalue weighted by atomic mass is 10.2. The van der Waals surface area contributed by atoms with Crippen molar-refractivity contribution in [2.24, 2.45) is 0 Å². The molecule has 1 aromatic rings. The van der Waals surface area contributed by atoms with Crippen molar-refractivity contribution in [2.45, 2.75) is 19.3 Å². The molecule has 0 amide bonds. The number of hydrogen-bond acceptors (Lipinski definition) is 5. The van der Waals surface area contributed by atoms with E-state index in [1.807, 2.05) is 12.3 Å². The van der Waals surface area contributed by atoms with E-state index in [9.17, 15) is 8.42 Å². The van der Waals surface area contributed by atoms with Crippen molar-refractivity contribution in [3.63, 3.8) is 0 Å². The molecule has 0 aliphatic carbocycles. The molecular formula is C10H19N3O3S2. The Balaban J connectivity index is 2.46. The van der Waals surface area contributed by atoms with Crippen LogP contribution in [0.25, 0.3) is 0 Å². The summed E-state index contributed by atoms with van der Waals surface area (Å²) >= 11 is 1.51. The standard InChI is InChI=1S/C10H19N3O3S2/c1-9(10-11-4-7-17-10)8-12-18(15,16)13(2)5-3-6-14/h4,7,9,12,14H,3,5-6,8H2,1-2H3. The van der Waals surface area contributed by atoms with Gasteiger partial charge < -0.3 is 5.11 Å². The largest absolute Gasteiger partial charge is 0.396 e. The number of aliphatic hydroxyl groups is 1. The number of nitrogens with one attached hydrogen (secondary N) is 1. The molecule has 2 N–H and O–H groups in total. The summed E-state index contributed by atoms with van der Waals surface area (Å²) in [4.78, 5) is 4.15. The second-order valence-corrected chi connectivity index (χ2v) is 6.81. The summed E-state index contributed by atoms with van der Waals surface area (Å²) in [5.74, 6) is 0.0472. The zero-order chi connectivity index (χ0) is 13.6. The molecule has 0 bridgehead atoms. The fourth-order valence-corrected chi connectivity index (χ4v) is 3.07. The highest BCUT2D eigenvalue weighted by Gasteiger charge is 2.18. The van der Waals surface area contributed by atoms with Crippen molar-refractivity contribution in [2.75, 3.05) is 26.7 Å². The van der Waals surface area contributed by atoms with Crippen molar-refractivity contribution in [1.82, 2.24) is 14.0 Å². The van der Waals surface area contributed by atoms with Crippen LogP contribution < -0.4 is 4.72 Å². The second-order valence-electron chi connectivity index (χ2n) is 4.02. The summed E-state index contributed by atoms with van der Waals surface area (Å²) in [7, 11) is -1.98. The quantitative estimate of drug-likeness (QED) is 0.726. The zero-order valence-corrected chi connectivity index (χ0v) is 12.2. The SMILES string of the molecule is CC(CNS(=O)(=O)N(C)CCCO)c1nccs1. The molecule has 1 atom stereocenters. The van der Waals surface area contributed by atoms with Crippen LogP contribution in [0.5, 0.6) is 0 Å². The highest BCUT2D eigenvalue weighted by atomic mass is 32.2. The van der Waals surface area contributed by atoms with E-state index in [4.69, 9.17) is 5.11 Å². The van der Waals surface area contributed by atoms with Gasteiger partial charge in [0.15, 0.2) is 0 Å². The Morgan fingerprint density at radius 1 is 1.61 bits per heavy atom. The third-order valence-corrected chi connectivity index (χ3v) is 5.03. The Labute approximate surface area is 112 Å². The van der Waals surface area contributed by atoms with Gasteiger partial charge in [-0.25, -0.2) is 9.71 Å². The summed E-state index contributed by atoms with van der Waals surface area (Å²) in [5, 5.41) is 11.5. The molecule has 0 fully saturated rings. The number of aromatic nitrogens is 1. The Morgan fingerprint density at radius 3 is 2.89 bits per heavy atom. The maximum atomic E-state index is 11.8. The lowest BCUT2D eigenvalue weighted by Crippen LogP contribution is -2.40. The van der Waals surface area contributed by atoms with E-state index < -0.39 is 10.2 Å². The summed E-state index contributed by atoms with van der Waals surface area (Å²) in [6.45, 7) is 2.53. The normalized spacial score (nSPS) is 14.0. The molecule has 0 aliphatic heterocycles. The number of aliphatic hydroxyl groups excluding tert-OH is 1. The van der Waals surface area contributed by atoms with Crippen molar-refractivity contribution >= 4 is 21.5 Å². The van der Waals surface area contributed by atoms with Crippen LogP contribution in [-0.2, 0) is 10.2 Å². The van der Waals surface area contributed by atoms with E-state index in [1.165, 1.54) is 22.7 Å². The van der Waals surface area contributed by atoms with Crippen LogP contribution in [0.2, 0.25) is 0 Å². The fraction of sp³-hybridized carbons (Fsp3) is 0.700. The first kappa shape index (κ1) is 15.5. The Bertz CT molecular complexity index is 433. The average molecular weight is 293 g/mol. The highest BCUT2D eigenvalue weighted by Crippen LogP contribution is 2.16. The van der Waals surface area contributed by atoms with Crippen molar-refractivity contribution < 1.29 is 13.5 Å². The molecule has 8 heteroatoms. The minimum absolute atomic E-state index is 0.0185. The van der Waals surface area contributed by atoms with Gasteiger partial charge in [-0.1, -0.05) is 6.92 Å². The molecule has 18 heavy (non-hydrogen) atoms. The van der Waals surface area contributed by atoms with Crippen LogP contribution in [0.15, 0.2) is 11.6 Å². The van der Waals surface area contributed by atoms with E-state index in [1.54, 1.807) is 6.20 Å². The topological polar surface area (TPSA) is 82.5 Å². The van der Waals surface area contributed by atoms with E-state index >= 15 is 0 Å². The van der Waals surface area contributed by atoms with Crippen LogP contribution in [0.3, 0.4) is 0 Å². The van der Waals surface area contributed by atoms with E-state index in [2.05, 4.69) is 9.71 Å². The lowest BCUT2D eigenvalue weighted by Gasteiger charge is -2.18. The lowest BCUT2D eigenvalue weighted by molar-refractivity contribution is 0.275. The molecule has 0 saturated carbocycles. The molecule has 0 saturated heterocycles. The Hall–Kier alpha value is -0.540. The maximum Gasteiger partial charge on any atom is 0.279 e. The van der Waals surface area contributed by atoms with Gasteiger partial charge >= 0.3 is 0 Å². The molecule has 0 aromatic carbocycles. The Morgan fingerprint density at radius 2 is 2.33 bits per heavy atom. The molecule has 1 unspecified atom stereocenters. The predicted octanol–water partition coefficient (Wildman–Crippen LogP) is 0.395. The van der Waals surface area contributed by atoms with Gasteiger partial charge in [0, 0.05) is 44.2 Å². The van der Waals surface area contributed by atoms with E-state index in [-0.39, 0.29) is 12.5 Å². The van der Waals surface area contributed by atoms with Crippen molar-refractivity contribution in [1.29, 1.82) is 0 Å². The molecule has 0 spiro atoms. The van der Waals surface area contributed by atoms with Crippen LogP contribution in [0.4, 0.5) is 0 Å². The van der Waals surface area contributed by atoms with Gasteiger partial charge in [-0.15, -0.1) is 11.3 Å². The monoisotopic (exact) mass is 293 g/mol. The van der Waals surface area contributed by atoms with Gasteiger partial charge in [0.05, 0.1) is 5.01 Å². The van der Waals surface area contributed by atoms with Gasteiger partial charge in [-0.3, -0.25) is 0 Å². The number of hydrogen-bond donors (Lipinski definition) is 2. The van der Waals surface area contributed by atoms with E-state index in [0.717, 1.165) is 5.01 Å². The summed E-state index contributed by atoms with van der Waals surface area (Å²) in [6, 6.07) is 0. The third-order valence-electron chi connectivity index (χ3n) is 2.49. The number of nitrogens with zero attached hydrogens (tertiary/aromatic N) is 2. The summed E-state index contributed by atoms with van der Waals surface area (Å²) < 4.78 is 27.4. The predicted molar refractivity (Wildman–Crippen MR) is 71.8 cm³/mol. The minimum atomic E-state index is -3.47. The molecule has 1 rings (SSSR count). The third kappa shape index (κ3) is 4.62. The molecular weight excluding hydrogens is 274 g/mol. The van der Waals surface area contributed by atoms with E-state index in [0.29, 0.717) is 19.5 Å². The zero-order valence-electron chi connectivity index (χ0n) is 10.5. The highest BCUT2D eigenvalue weighted by molar-refractivity contribution is 7.87. The average Bonchev–Trinajstić information content (AvgIpc) is 2.86. The molecule has 104 valence electrons. The van der Waals surface area contributed by atoms with Crippen molar-refractivity contribution in [3.05, 3.63) is 16.6 Å². The number of rotatable bonds is 8. The van der Waals surface area contributed by atoms with Gasteiger partial charge in [-0.05, 0) is 6.42 Å². The van der Waals surface area contributed by atoms with Crippen LogP contribution in [-0.4, -0.2) is 49.6 Å². The molecule has 1 aromatic heterocycles. The van der Waals surface area contributed by atoms with Crippen LogP contribution in [0, 0.1) is 0 Å². The summed E-state index contributed by atoms with van der Waals surface area (Å²) in [5.41, 5.74) is 0. The van der Waals surface area contributed by atoms with Crippen LogP contribution in [0.1, 0.15) is 24.3 Å². The molecule has 6 nitrogen and oxygen atoms in total. The van der Waals surface area contributed by atoms with Gasteiger partial charge in [0.1, 0.15) is 0 Å². The first-order valence-corrected chi connectivity index (χ1v) is 8.00. The fourth-order valence-electron chi connectivity index (χ4n) is 1.32. The Kier molecular flexibility index (Phi) is 6.16. The number of thiazole rings is 1. The smallest absolute Gasteiger partial charge is 0.279 e. The van der Waals surface area contributed by atoms with Gasteiger partial charge in [0.2, 0.25) is 0 Å². The van der Waals surface area contributed by atoms with Crippen molar-refractivity contribution in [3.8, 4) is 0 Å². The summed E-state index contributed by atoms with van der Waals surface area (Å²) in [6.07, 6.45) is 2.14. The first-order chi connectivity index (χ1) is 8.47. The van der Waals surface area contributed by atoms with Gasteiger partial charge in [0.25, 0.3) is 10.2 Å². The molecule has 0 aliphatic rings. The maximum absolute atomic E-state index is 11.8. The first-order valence-electron chi connectivity index (χ1n) is 5.68. The van der Waals surface area contributed by atoms with Gasteiger partial charge in [-0.2, -0.15) is 12.7 Å². The second kappa shape index (κ2) is 7.15. The van der Waals surface area contributed by atoms with Crippen LogP contribution >= 0.6 is 11.3 Å². The molecule has 1 heterocycles.